The summed E-state index contributed by atoms with van der Waals surface area (Å²) in [6.07, 6.45) is 7.36. The molecule has 0 radical (unpaired) electrons. The molecule has 5 heteroatoms. The van der Waals surface area contributed by atoms with Gasteiger partial charge in [-0.25, -0.2) is 4.98 Å². The van der Waals surface area contributed by atoms with Gasteiger partial charge in [0.05, 0.1) is 12.9 Å². The largest absolute Gasteiger partial charge is 0.466 e. The number of aryl methyl sites for hydroxylation is 1. The van der Waals surface area contributed by atoms with E-state index in [0.29, 0.717) is 18.7 Å². The fourth-order valence-electron chi connectivity index (χ4n) is 1.53. The summed E-state index contributed by atoms with van der Waals surface area (Å²) in [5.74, 6) is -0.127. The number of carbonyl (C=O) groups is 2. The van der Waals surface area contributed by atoms with Crippen LogP contribution in [0.4, 0.5) is 0 Å². The second kappa shape index (κ2) is 7.60. The van der Waals surface area contributed by atoms with Crippen molar-refractivity contribution in [1.29, 1.82) is 0 Å². The quantitative estimate of drug-likeness (QED) is 0.394. The van der Waals surface area contributed by atoms with Crippen molar-refractivity contribution < 1.29 is 14.3 Å². The molecule has 17 heavy (non-hydrogen) atoms. The summed E-state index contributed by atoms with van der Waals surface area (Å²) in [5, 5.41) is 0. The van der Waals surface area contributed by atoms with Gasteiger partial charge in [-0.2, -0.15) is 0 Å². The normalized spacial score (nSPS) is 10.2. The first-order valence-corrected chi connectivity index (χ1v) is 5.89. The first kappa shape index (κ1) is 13.4. The highest BCUT2D eigenvalue weighted by Crippen LogP contribution is 2.04. The lowest BCUT2D eigenvalue weighted by atomic mass is 10.2. The minimum Gasteiger partial charge on any atom is -0.466 e. The number of rotatable bonds is 8. The van der Waals surface area contributed by atoms with E-state index in [0.717, 1.165) is 32.1 Å². The molecule has 94 valence electrons. The molecule has 5 nitrogen and oxygen atoms in total. The molecular weight excluding hydrogens is 220 g/mol. The van der Waals surface area contributed by atoms with Crippen molar-refractivity contribution >= 4 is 12.3 Å². The Morgan fingerprint density at radius 1 is 1.47 bits per heavy atom. The molecule has 1 aromatic heterocycles. The van der Waals surface area contributed by atoms with Crippen molar-refractivity contribution in [2.75, 3.05) is 6.61 Å². The third-order valence-electron chi connectivity index (χ3n) is 2.38. The molecule has 0 bridgehead atoms. The van der Waals surface area contributed by atoms with E-state index in [1.54, 1.807) is 12.5 Å². The molecule has 0 saturated heterocycles. The highest BCUT2D eigenvalue weighted by Gasteiger charge is 2.01. The van der Waals surface area contributed by atoms with Gasteiger partial charge in [0.25, 0.3) is 0 Å². The number of hydrogen-bond donors (Lipinski definition) is 0. The zero-order valence-corrected chi connectivity index (χ0v) is 10.1. The van der Waals surface area contributed by atoms with Crippen molar-refractivity contribution in [3.05, 3.63) is 18.2 Å². The van der Waals surface area contributed by atoms with Crippen molar-refractivity contribution in [3.63, 3.8) is 0 Å². The fraction of sp³-hybridized carbons (Fsp3) is 0.583. The lowest BCUT2D eigenvalue weighted by molar-refractivity contribution is -0.143. The molecule has 0 fully saturated rings. The van der Waals surface area contributed by atoms with E-state index in [9.17, 15) is 9.59 Å². The third-order valence-corrected chi connectivity index (χ3v) is 2.38. The van der Waals surface area contributed by atoms with Gasteiger partial charge in [-0.05, 0) is 19.8 Å². The van der Waals surface area contributed by atoms with E-state index in [2.05, 4.69) is 4.98 Å². The Labute approximate surface area is 101 Å². The minimum absolute atomic E-state index is 0.127. The third kappa shape index (κ3) is 5.29. The Hall–Kier alpha value is -1.65. The monoisotopic (exact) mass is 238 g/mol. The molecule has 0 atom stereocenters. The van der Waals surface area contributed by atoms with Crippen LogP contribution in [0.5, 0.6) is 0 Å². The van der Waals surface area contributed by atoms with E-state index >= 15 is 0 Å². The number of ether oxygens (including phenoxy) is 1. The van der Waals surface area contributed by atoms with Gasteiger partial charge in [-0.15, -0.1) is 0 Å². The molecule has 0 N–H and O–H groups in total. The van der Waals surface area contributed by atoms with Crippen molar-refractivity contribution in [2.24, 2.45) is 0 Å². The van der Waals surface area contributed by atoms with Gasteiger partial charge in [-0.1, -0.05) is 6.42 Å². The van der Waals surface area contributed by atoms with Gasteiger partial charge in [0.2, 0.25) is 0 Å². The molecule has 1 aromatic rings. The zero-order valence-electron chi connectivity index (χ0n) is 10.1. The number of hydrogen-bond acceptors (Lipinski definition) is 4. The van der Waals surface area contributed by atoms with Crippen LogP contribution in [0.1, 0.15) is 43.1 Å². The maximum Gasteiger partial charge on any atom is 0.305 e. The average molecular weight is 238 g/mol. The molecule has 0 aliphatic rings. The van der Waals surface area contributed by atoms with Crippen LogP contribution in [0.15, 0.2) is 12.5 Å². The summed E-state index contributed by atoms with van der Waals surface area (Å²) < 4.78 is 6.71. The van der Waals surface area contributed by atoms with Crippen LogP contribution in [0.3, 0.4) is 0 Å². The Balaban J connectivity index is 2.08. The first-order valence-electron chi connectivity index (χ1n) is 5.89. The van der Waals surface area contributed by atoms with Gasteiger partial charge >= 0.3 is 5.97 Å². The minimum atomic E-state index is -0.127. The molecule has 0 aliphatic heterocycles. The summed E-state index contributed by atoms with van der Waals surface area (Å²) in [5.41, 5.74) is 0.455. The summed E-state index contributed by atoms with van der Waals surface area (Å²) in [7, 11) is 0. The lowest BCUT2D eigenvalue weighted by Crippen LogP contribution is -2.03. The summed E-state index contributed by atoms with van der Waals surface area (Å²) in [6.45, 7) is 3.08. The number of carbonyl (C=O) groups excluding carboxylic acids is 2. The Morgan fingerprint density at radius 3 is 2.94 bits per heavy atom. The summed E-state index contributed by atoms with van der Waals surface area (Å²) >= 11 is 0. The number of esters is 1. The number of aldehydes is 1. The highest BCUT2D eigenvalue weighted by atomic mass is 16.5. The fourth-order valence-corrected chi connectivity index (χ4v) is 1.53. The standard InChI is InChI=1S/C12H18N2O3/c1-2-17-12(16)6-4-3-5-7-14-8-11(9-15)13-10-14/h8-10H,2-7H2,1H3. The molecule has 0 spiro atoms. The molecule has 0 saturated carbocycles. The Kier molecular flexibility index (Phi) is 5.99. The smallest absolute Gasteiger partial charge is 0.305 e. The number of aromatic nitrogens is 2. The lowest BCUT2D eigenvalue weighted by Gasteiger charge is -2.02. The molecule has 0 aromatic carbocycles. The first-order chi connectivity index (χ1) is 8.26. The van der Waals surface area contributed by atoms with Crippen LogP contribution in [0.2, 0.25) is 0 Å². The topological polar surface area (TPSA) is 61.2 Å². The van der Waals surface area contributed by atoms with Crippen LogP contribution in [0, 0.1) is 0 Å². The van der Waals surface area contributed by atoms with E-state index in [1.807, 2.05) is 11.5 Å². The van der Waals surface area contributed by atoms with E-state index in [-0.39, 0.29) is 5.97 Å². The molecule has 0 unspecified atom stereocenters. The van der Waals surface area contributed by atoms with Crippen LogP contribution in [-0.2, 0) is 16.1 Å². The molecule has 0 amide bonds. The molecular formula is C12H18N2O3. The van der Waals surface area contributed by atoms with Crippen molar-refractivity contribution in [3.8, 4) is 0 Å². The Bertz CT molecular complexity index is 360. The van der Waals surface area contributed by atoms with Gasteiger partial charge < -0.3 is 9.30 Å². The second-order valence-electron chi connectivity index (χ2n) is 3.77. The van der Waals surface area contributed by atoms with Crippen LogP contribution >= 0.6 is 0 Å². The van der Waals surface area contributed by atoms with Gasteiger partial charge in [0.15, 0.2) is 6.29 Å². The second-order valence-corrected chi connectivity index (χ2v) is 3.77. The Morgan fingerprint density at radius 2 is 2.29 bits per heavy atom. The van der Waals surface area contributed by atoms with Crippen LogP contribution in [0.25, 0.3) is 0 Å². The SMILES string of the molecule is CCOC(=O)CCCCCn1cnc(C=O)c1. The van der Waals surface area contributed by atoms with Gasteiger partial charge in [0, 0.05) is 19.2 Å². The van der Waals surface area contributed by atoms with Crippen molar-refractivity contribution in [1.82, 2.24) is 9.55 Å². The molecule has 0 aliphatic carbocycles. The van der Waals surface area contributed by atoms with E-state index < -0.39 is 0 Å². The predicted octanol–water partition coefficient (Wildman–Crippen LogP) is 1.82. The van der Waals surface area contributed by atoms with E-state index in [1.165, 1.54) is 0 Å². The molecule has 1 heterocycles. The average Bonchev–Trinajstić information content (AvgIpc) is 2.77. The van der Waals surface area contributed by atoms with Crippen LogP contribution in [-0.4, -0.2) is 28.4 Å². The predicted molar refractivity (Wildman–Crippen MR) is 62.7 cm³/mol. The number of imidazole rings is 1. The summed E-state index contributed by atoms with van der Waals surface area (Å²) in [4.78, 5) is 25.4. The maximum absolute atomic E-state index is 11.0. The zero-order chi connectivity index (χ0) is 12.5. The number of nitrogens with zero attached hydrogens (tertiary/aromatic N) is 2. The highest BCUT2D eigenvalue weighted by molar-refractivity contribution is 5.70. The summed E-state index contributed by atoms with van der Waals surface area (Å²) in [6, 6.07) is 0. The maximum atomic E-state index is 11.0. The van der Waals surface area contributed by atoms with E-state index in [4.69, 9.17) is 4.74 Å². The molecule has 1 rings (SSSR count). The van der Waals surface area contributed by atoms with Gasteiger partial charge in [-0.3, -0.25) is 9.59 Å². The van der Waals surface area contributed by atoms with Crippen molar-refractivity contribution in [2.45, 2.75) is 39.2 Å². The van der Waals surface area contributed by atoms with Crippen LogP contribution < -0.4 is 0 Å². The number of unbranched alkanes of at least 4 members (excludes halogenated alkanes) is 2. The van der Waals surface area contributed by atoms with Gasteiger partial charge in [0.1, 0.15) is 5.69 Å².